The van der Waals surface area contributed by atoms with E-state index < -0.39 is 28.8 Å². The number of benzene rings is 2. The lowest BCUT2D eigenvalue weighted by atomic mass is 9.98. The van der Waals surface area contributed by atoms with Gasteiger partial charge in [-0.15, -0.1) is 0 Å². The maximum atomic E-state index is 13.0. The van der Waals surface area contributed by atoms with E-state index >= 15 is 0 Å². The monoisotopic (exact) mass is 630 g/mol. The van der Waals surface area contributed by atoms with Crippen LogP contribution < -0.4 is 22.1 Å². The number of ether oxygens (including phenoxy) is 2. The molecule has 0 aliphatic carbocycles. The van der Waals surface area contributed by atoms with Gasteiger partial charge in [-0.05, 0) is 69.2 Å². The molecule has 1 amide bonds. The fourth-order valence-corrected chi connectivity index (χ4v) is 4.78. The molecular weight excluding hydrogens is 596 g/mol. The van der Waals surface area contributed by atoms with Crippen molar-refractivity contribution in [3.8, 4) is 11.3 Å². The molecule has 0 aliphatic rings. The van der Waals surface area contributed by atoms with Crippen molar-refractivity contribution in [2.75, 3.05) is 30.0 Å². The fraction of sp³-hybridized carbons (Fsp3) is 0.290. The van der Waals surface area contributed by atoms with Crippen LogP contribution in [0, 0.1) is 17.0 Å². The predicted molar refractivity (Wildman–Crippen MR) is 171 cm³/mol. The highest BCUT2D eigenvalue weighted by molar-refractivity contribution is 5.97. The number of esters is 2. The summed E-state index contributed by atoms with van der Waals surface area (Å²) >= 11 is 0. The Bertz CT molecular complexity index is 1760. The molecule has 0 radical (unpaired) electrons. The van der Waals surface area contributed by atoms with Crippen LogP contribution in [-0.2, 0) is 25.6 Å². The maximum absolute atomic E-state index is 13.0. The summed E-state index contributed by atoms with van der Waals surface area (Å²) in [4.78, 5) is 60.9. The lowest BCUT2D eigenvalue weighted by Crippen LogP contribution is -2.42. The molecule has 4 rings (SSSR count). The standard InChI is InChI=1S/C31H34N8O7/c1-4-45-24(40)15-14-23(30(42)46-5-2)35-29(41)19-6-10-20(11-7-19)34-16-22-17(3)25-27(32)37-31(33)38-28(25)36-26(22)18-8-12-21(13-9-18)39(43)44/h6-13,23,34H,4-5,14-16H2,1-3H3,(H,35,41)(H4,32,33,36,37,38)/t23-/m0/s1. The number of nitro groups is 1. The van der Waals surface area contributed by atoms with Gasteiger partial charge < -0.3 is 31.6 Å². The third kappa shape index (κ3) is 7.80. The Kier molecular flexibility index (Phi) is 10.6. The topological polar surface area (TPSA) is 228 Å². The number of anilines is 3. The number of nitrogens with two attached hydrogens (primary N) is 2. The molecule has 15 heteroatoms. The summed E-state index contributed by atoms with van der Waals surface area (Å²) in [6.07, 6.45) is -0.0298. The van der Waals surface area contributed by atoms with Gasteiger partial charge in [0.2, 0.25) is 5.95 Å². The van der Waals surface area contributed by atoms with Crippen LogP contribution in [0.4, 0.5) is 23.1 Å². The van der Waals surface area contributed by atoms with Gasteiger partial charge in [-0.1, -0.05) is 0 Å². The van der Waals surface area contributed by atoms with E-state index in [0.717, 1.165) is 11.1 Å². The fourth-order valence-electron chi connectivity index (χ4n) is 4.78. The molecule has 2 aromatic heterocycles. The average Bonchev–Trinajstić information content (AvgIpc) is 3.02. The predicted octanol–water partition coefficient (Wildman–Crippen LogP) is 3.69. The molecule has 0 bridgehead atoms. The highest BCUT2D eigenvalue weighted by atomic mass is 16.6. The molecule has 0 fully saturated rings. The second-order valence-corrected chi connectivity index (χ2v) is 10.1. The van der Waals surface area contributed by atoms with Crippen LogP contribution in [0.25, 0.3) is 22.3 Å². The summed E-state index contributed by atoms with van der Waals surface area (Å²) in [5.74, 6) is -1.50. The van der Waals surface area contributed by atoms with Crippen molar-refractivity contribution in [1.82, 2.24) is 20.3 Å². The first-order valence-electron chi connectivity index (χ1n) is 14.5. The number of hydrogen-bond donors (Lipinski definition) is 4. The summed E-state index contributed by atoms with van der Waals surface area (Å²) in [6.45, 7) is 5.77. The Balaban J connectivity index is 1.56. The zero-order valence-corrected chi connectivity index (χ0v) is 25.5. The number of aryl methyl sites for hydroxylation is 1. The Morgan fingerprint density at radius 1 is 0.957 bits per heavy atom. The van der Waals surface area contributed by atoms with Crippen molar-refractivity contribution < 1.29 is 28.8 Å². The third-order valence-corrected chi connectivity index (χ3v) is 7.05. The molecule has 2 heterocycles. The number of fused-ring (bicyclic) bond motifs is 1. The molecule has 2 aromatic carbocycles. The van der Waals surface area contributed by atoms with Gasteiger partial charge in [-0.3, -0.25) is 19.7 Å². The van der Waals surface area contributed by atoms with Gasteiger partial charge in [0, 0.05) is 47.5 Å². The Morgan fingerprint density at radius 2 is 1.63 bits per heavy atom. The number of nitrogens with zero attached hydrogens (tertiary/aromatic N) is 4. The SMILES string of the molecule is CCOC(=O)CC[C@H](NC(=O)c1ccc(NCc2c(-c3ccc([N+](=O)[O-])cc3)nc3nc(N)nc(N)c3c2C)cc1)C(=O)OCC. The van der Waals surface area contributed by atoms with Crippen LogP contribution in [-0.4, -0.2) is 57.0 Å². The largest absolute Gasteiger partial charge is 0.466 e. The molecule has 0 aliphatic heterocycles. The highest BCUT2D eigenvalue weighted by Crippen LogP contribution is 2.33. The number of amides is 1. The summed E-state index contributed by atoms with van der Waals surface area (Å²) in [5.41, 5.74) is 15.8. The van der Waals surface area contributed by atoms with Crippen LogP contribution >= 0.6 is 0 Å². The summed E-state index contributed by atoms with van der Waals surface area (Å²) < 4.78 is 9.98. The average molecular weight is 631 g/mol. The van der Waals surface area contributed by atoms with Gasteiger partial charge in [0.05, 0.1) is 29.2 Å². The number of hydrogen-bond acceptors (Lipinski definition) is 13. The van der Waals surface area contributed by atoms with Crippen molar-refractivity contribution in [2.24, 2.45) is 0 Å². The van der Waals surface area contributed by atoms with Crippen LogP contribution in [0.3, 0.4) is 0 Å². The zero-order chi connectivity index (χ0) is 33.4. The first-order chi connectivity index (χ1) is 22.0. The normalized spacial score (nSPS) is 11.5. The van der Waals surface area contributed by atoms with Crippen molar-refractivity contribution in [3.05, 3.63) is 75.3 Å². The van der Waals surface area contributed by atoms with Crippen molar-refractivity contribution in [1.29, 1.82) is 0 Å². The van der Waals surface area contributed by atoms with E-state index in [-0.39, 0.29) is 55.6 Å². The summed E-state index contributed by atoms with van der Waals surface area (Å²) in [5, 5.41) is 17.7. The molecule has 0 saturated carbocycles. The number of nitrogen functional groups attached to an aromatic ring is 2. The lowest BCUT2D eigenvalue weighted by Gasteiger charge is -2.18. The smallest absolute Gasteiger partial charge is 0.328 e. The van der Waals surface area contributed by atoms with Gasteiger partial charge in [0.15, 0.2) is 5.65 Å². The van der Waals surface area contributed by atoms with E-state index in [4.69, 9.17) is 25.9 Å². The van der Waals surface area contributed by atoms with Gasteiger partial charge in [0.25, 0.3) is 11.6 Å². The molecule has 0 unspecified atom stereocenters. The molecular formula is C31H34N8O7. The summed E-state index contributed by atoms with van der Waals surface area (Å²) in [6, 6.07) is 11.5. The van der Waals surface area contributed by atoms with Gasteiger partial charge in [-0.2, -0.15) is 9.97 Å². The minimum atomic E-state index is -1.03. The molecule has 0 saturated heterocycles. The minimum Gasteiger partial charge on any atom is -0.466 e. The quantitative estimate of drug-likeness (QED) is 0.0940. The van der Waals surface area contributed by atoms with Gasteiger partial charge in [-0.25, -0.2) is 9.78 Å². The Hall–Kier alpha value is -5.86. The Morgan fingerprint density at radius 3 is 2.26 bits per heavy atom. The highest BCUT2D eigenvalue weighted by Gasteiger charge is 2.24. The van der Waals surface area contributed by atoms with Crippen molar-refractivity contribution >= 4 is 52.0 Å². The summed E-state index contributed by atoms with van der Waals surface area (Å²) in [7, 11) is 0. The number of nitro benzene ring substituents is 1. The molecule has 15 nitrogen and oxygen atoms in total. The number of carbonyl (C=O) groups is 3. The first-order valence-corrected chi connectivity index (χ1v) is 14.5. The van der Waals surface area contributed by atoms with E-state index in [0.29, 0.717) is 28.0 Å². The van der Waals surface area contributed by atoms with Crippen LogP contribution in [0.15, 0.2) is 48.5 Å². The first kappa shape index (κ1) is 33.0. The number of aromatic nitrogens is 3. The third-order valence-electron chi connectivity index (χ3n) is 7.05. The molecule has 240 valence electrons. The van der Waals surface area contributed by atoms with Gasteiger partial charge >= 0.3 is 11.9 Å². The minimum absolute atomic E-state index is 0.0292. The second-order valence-electron chi connectivity index (χ2n) is 10.1. The number of nitrogens with one attached hydrogen (secondary N) is 2. The molecule has 46 heavy (non-hydrogen) atoms. The van der Waals surface area contributed by atoms with E-state index in [1.165, 1.54) is 12.1 Å². The van der Waals surface area contributed by atoms with E-state index in [9.17, 15) is 24.5 Å². The van der Waals surface area contributed by atoms with E-state index in [2.05, 4.69) is 20.6 Å². The van der Waals surface area contributed by atoms with E-state index in [1.807, 2.05) is 6.92 Å². The second kappa shape index (κ2) is 14.7. The van der Waals surface area contributed by atoms with Crippen LogP contribution in [0.1, 0.15) is 48.2 Å². The Labute approximate surface area is 263 Å². The molecule has 1 atom stereocenters. The lowest BCUT2D eigenvalue weighted by molar-refractivity contribution is -0.384. The number of pyridine rings is 1. The number of non-ortho nitro benzene ring substituents is 1. The van der Waals surface area contributed by atoms with Crippen molar-refractivity contribution in [3.63, 3.8) is 0 Å². The molecule has 6 N–H and O–H groups in total. The van der Waals surface area contributed by atoms with Gasteiger partial charge in [0.1, 0.15) is 11.9 Å². The van der Waals surface area contributed by atoms with Crippen molar-refractivity contribution in [2.45, 2.75) is 46.2 Å². The molecule has 4 aromatic rings. The van der Waals surface area contributed by atoms with Crippen LogP contribution in [0.5, 0.6) is 0 Å². The van der Waals surface area contributed by atoms with E-state index in [1.54, 1.807) is 50.2 Å². The van der Waals surface area contributed by atoms with Crippen LogP contribution in [0.2, 0.25) is 0 Å². The number of carbonyl (C=O) groups excluding carboxylic acids is 3. The number of rotatable bonds is 13. The molecule has 0 spiro atoms. The zero-order valence-electron chi connectivity index (χ0n) is 25.5. The maximum Gasteiger partial charge on any atom is 0.328 e.